The molecule has 12 heterocycles. The van der Waals surface area contributed by atoms with Crippen molar-refractivity contribution in [1.29, 1.82) is 0 Å². The van der Waals surface area contributed by atoms with Gasteiger partial charge in [-0.3, -0.25) is 63.7 Å². The molecule has 143 heavy (non-hydrogen) atoms. The van der Waals surface area contributed by atoms with Gasteiger partial charge in [0.25, 0.3) is 0 Å². The second kappa shape index (κ2) is 69.6. The van der Waals surface area contributed by atoms with Crippen LogP contribution in [0.2, 0.25) is 0 Å². The first kappa shape index (κ1) is 154. The zero-order chi connectivity index (χ0) is 106. The standard InChI is InChI=1S/C11H24N2.4C11H23N.C10H21NO.2C10H21NS.3C9H19N.C8H17NS.6CH4/c1-9-7-13(11(3,4)5)8-10(2)12(9)6;1-9-6-10(2)8-12(7-9)11(3,4)5;3*1-9-7-6-8-10(2)12(9)11(3,4)5;1-8-6-11(10(3,4)5)7-9(2)12-8;1-8-6-12-7-9(2)11(8)10(3,4)5;1-8-6-11(10(3,4)5)7-9(2)12-8;3*1-9(2,3)10-7-5-4-6-8-10;1-8(2,3)9-4-6-10-7-5-9;;;;;;/h9-10H,7-8H2,1-6H3;4*9-10H,6-8H2,1-5H3;3*8-9H,6-7H2,1-5H3;3*4-8H2,1-3H3;4-7H2,1-3H3;6*1H4. The van der Waals surface area contributed by atoms with E-state index in [0.717, 1.165) is 83.8 Å². The van der Waals surface area contributed by atoms with E-state index < -0.39 is 0 Å². The van der Waals surface area contributed by atoms with Gasteiger partial charge in [0.05, 0.1) is 12.2 Å². The number of thioether (sulfide) groups is 3. The summed E-state index contributed by atoms with van der Waals surface area (Å²) in [6.45, 7) is 140. The summed E-state index contributed by atoms with van der Waals surface area (Å²) in [5.74, 6) is 6.98. The number of rotatable bonds is 0. The average Bonchev–Trinajstić information content (AvgIpc) is 0.822. The van der Waals surface area contributed by atoms with Crippen LogP contribution >= 0.6 is 35.3 Å². The van der Waals surface area contributed by atoms with Crippen LogP contribution in [0.15, 0.2) is 0 Å². The van der Waals surface area contributed by atoms with E-state index >= 15 is 0 Å². The van der Waals surface area contributed by atoms with E-state index in [-0.39, 0.29) is 50.1 Å². The van der Waals surface area contributed by atoms with Crippen LogP contribution in [0.3, 0.4) is 0 Å². The summed E-state index contributed by atoms with van der Waals surface area (Å²) in [5, 5.41) is 1.60. The van der Waals surface area contributed by atoms with Gasteiger partial charge in [-0.05, 0) is 474 Å². The third kappa shape index (κ3) is 62.3. The van der Waals surface area contributed by atoms with Crippen molar-refractivity contribution in [3.05, 3.63) is 0 Å². The molecule has 12 aliphatic rings. The maximum atomic E-state index is 5.67. The first-order valence-electron chi connectivity index (χ1n) is 57.5. The summed E-state index contributed by atoms with van der Waals surface area (Å²) in [5.41, 5.74) is 4.29. The van der Waals surface area contributed by atoms with Gasteiger partial charge < -0.3 is 4.74 Å². The number of morpholine rings is 1. The molecule has 0 saturated carbocycles. The predicted molar refractivity (Wildman–Crippen MR) is 667 cm³/mol. The molecule has 0 N–H and O–H groups in total. The summed E-state index contributed by atoms with van der Waals surface area (Å²) < 4.78 is 5.67. The lowest BCUT2D eigenvalue weighted by Gasteiger charge is -2.48. The van der Waals surface area contributed by atoms with Crippen molar-refractivity contribution in [2.24, 2.45) is 11.8 Å². The molecule has 0 radical (unpaired) electrons. The normalized spacial score (nSPS) is 29.3. The number of hydrogen-bond acceptors (Lipinski definition) is 17. The molecule has 12 fully saturated rings. The van der Waals surface area contributed by atoms with E-state index in [9.17, 15) is 0 Å². The van der Waals surface area contributed by atoms with Gasteiger partial charge in [-0.1, -0.05) is 111 Å². The van der Waals surface area contributed by atoms with E-state index in [4.69, 9.17) is 4.74 Å². The van der Waals surface area contributed by atoms with Crippen LogP contribution in [0, 0.1) is 11.8 Å². The highest BCUT2D eigenvalue weighted by atomic mass is 32.2. The van der Waals surface area contributed by atoms with Gasteiger partial charge in [-0.15, -0.1) is 0 Å². The molecule has 0 aromatic carbocycles. The fourth-order valence-electron chi connectivity index (χ4n) is 24.1. The molecular formula is C126H277N13OS3. The van der Waals surface area contributed by atoms with E-state index in [2.05, 4.69) is 466 Å². The molecule has 0 aromatic rings. The Hall–Kier alpha value is 0.490. The van der Waals surface area contributed by atoms with Crippen LogP contribution in [0.25, 0.3) is 0 Å². The van der Waals surface area contributed by atoms with E-state index in [1.165, 1.54) is 237 Å². The van der Waals surface area contributed by atoms with E-state index in [1.54, 1.807) is 0 Å². The van der Waals surface area contributed by atoms with Crippen molar-refractivity contribution < 1.29 is 4.74 Å². The van der Waals surface area contributed by atoms with Crippen molar-refractivity contribution in [1.82, 2.24) is 63.7 Å². The average molecular weight is 2090 g/mol. The van der Waals surface area contributed by atoms with Crippen molar-refractivity contribution >= 4 is 35.3 Å². The third-order valence-electron chi connectivity index (χ3n) is 31.1. The highest BCUT2D eigenvalue weighted by molar-refractivity contribution is 8.00. The molecule has 0 aliphatic carbocycles. The largest absolute Gasteiger partial charge is 0.373 e. The first-order chi connectivity index (χ1) is 62.1. The van der Waals surface area contributed by atoms with Crippen molar-refractivity contribution in [2.75, 3.05) is 135 Å². The monoisotopic (exact) mass is 2090 g/mol. The van der Waals surface area contributed by atoms with Gasteiger partial charge in [0.2, 0.25) is 0 Å². The van der Waals surface area contributed by atoms with E-state index in [0.29, 0.717) is 85.2 Å². The van der Waals surface area contributed by atoms with Gasteiger partial charge in [0.15, 0.2) is 0 Å². The number of likely N-dealkylation sites (N-methyl/N-ethyl adjacent to an activating group) is 1. The van der Waals surface area contributed by atoms with Crippen LogP contribution in [-0.2, 0) is 4.74 Å². The Bertz CT molecular complexity index is 2620. The summed E-state index contributed by atoms with van der Waals surface area (Å²) in [7, 11) is 2.23. The van der Waals surface area contributed by atoms with Gasteiger partial charge in [-0.25, -0.2) is 0 Å². The highest BCUT2D eigenvalue weighted by Crippen LogP contribution is 2.37. The summed E-state index contributed by atoms with van der Waals surface area (Å²) in [6.07, 6.45) is 27.4. The molecule has 12 aliphatic heterocycles. The Morgan fingerprint density at radius 3 is 0.601 bits per heavy atom. The van der Waals surface area contributed by atoms with Gasteiger partial charge in [-0.2, -0.15) is 35.3 Å². The van der Waals surface area contributed by atoms with Crippen molar-refractivity contribution in [3.8, 4) is 0 Å². The minimum atomic E-state index is 0. The number of piperazine rings is 1. The van der Waals surface area contributed by atoms with Gasteiger partial charge in [0, 0.05) is 226 Å². The Balaban J connectivity index is -0.000000357. The maximum Gasteiger partial charge on any atom is 0.0678 e. The Kier molecular flexibility index (Phi) is 75.0. The molecule has 17 heteroatoms. The second-order valence-corrected chi connectivity index (χ2v) is 61.7. The van der Waals surface area contributed by atoms with Crippen LogP contribution in [0.4, 0.5) is 0 Å². The molecule has 0 aromatic heterocycles. The third-order valence-corrected chi connectivity index (χ3v) is 34.7. The molecule has 0 amide bonds. The Morgan fingerprint density at radius 2 is 0.406 bits per heavy atom. The zero-order valence-electron chi connectivity index (χ0n) is 103. The van der Waals surface area contributed by atoms with Crippen molar-refractivity contribution in [3.63, 3.8) is 0 Å². The molecule has 870 valence electrons. The maximum absolute atomic E-state index is 5.67. The number of hydrogen-bond donors (Lipinski definition) is 0. The number of likely N-dealkylation sites (tertiary alicyclic amines) is 7. The van der Waals surface area contributed by atoms with Crippen LogP contribution in [0.5, 0.6) is 0 Å². The van der Waals surface area contributed by atoms with Gasteiger partial charge >= 0.3 is 0 Å². The lowest BCUT2D eigenvalue weighted by atomic mass is 9.88. The Morgan fingerprint density at radius 1 is 0.203 bits per heavy atom. The lowest BCUT2D eigenvalue weighted by molar-refractivity contribution is -0.0924. The molecule has 12 saturated heterocycles. The Labute approximate surface area is 920 Å². The van der Waals surface area contributed by atoms with Crippen molar-refractivity contribution in [2.45, 2.75) is 676 Å². The molecule has 16 unspecified atom stereocenters. The minimum absolute atomic E-state index is 0. The van der Waals surface area contributed by atoms with Crippen LogP contribution in [-0.4, -0.2) is 348 Å². The van der Waals surface area contributed by atoms with E-state index in [1.807, 2.05) is 0 Å². The van der Waals surface area contributed by atoms with Crippen LogP contribution in [0.1, 0.15) is 527 Å². The predicted octanol–water partition coefficient (Wildman–Crippen LogP) is 33.3. The number of ether oxygens (including phenoxy) is 1. The lowest BCUT2D eigenvalue weighted by Crippen LogP contribution is -2.59. The quantitative estimate of drug-likeness (QED) is 0.231. The summed E-state index contributed by atoms with van der Waals surface area (Å²) >= 11 is 6.28. The van der Waals surface area contributed by atoms with Crippen LogP contribution < -0.4 is 0 Å². The second-order valence-electron chi connectivity index (χ2n) is 57.5. The number of piperidine rings is 7. The van der Waals surface area contributed by atoms with Gasteiger partial charge in [0.1, 0.15) is 0 Å². The molecule has 14 nitrogen and oxygen atoms in total. The molecule has 16 atom stereocenters. The zero-order valence-corrected chi connectivity index (χ0v) is 106. The first-order valence-corrected chi connectivity index (χ1v) is 60.7. The molecule has 12 rings (SSSR count). The smallest absolute Gasteiger partial charge is 0.0678 e. The fraction of sp³-hybridized carbons (Fsp3) is 1.00. The SMILES string of the molecule is C.C.C.C.C.C.CC(C)(C)N1CCCCC1.CC(C)(C)N1CCCCC1.CC(C)(C)N1CCCCC1.CC(C)(C)N1CCSCC1.CC1CC(C)CN(C(C)(C)C)C1.CC1CCCC(C)N1C(C)(C)C.CC1CCCC(C)N1C(C)(C)C.CC1CCCC(C)N1C(C)(C)C.CC1CN(C(C)(C)C)CC(C)N1C.CC1CN(C(C)(C)C)CC(C)O1.CC1CN(C(C)(C)C)CC(C)S1.CC1CSCC(C)N1C(C)(C)C. The minimum Gasteiger partial charge on any atom is -0.373 e. The molecular weight excluding hydrogens is 1810 g/mol. The number of nitrogens with zero attached hydrogens (tertiary/aromatic N) is 13. The summed E-state index contributed by atoms with van der Waals surface area (Å²) in [6, 6.07) is 7.47. The highest BCUT2D eigenvalue weighted by Gasteiger charge is 2.40. The fourth-order valence-corrected chi connectivity index (χ4v) is 27.5. The summed E-state index contributed by atoms with van der Waals surface area (Å²) in [4.78, 5) is 33.7. The molecule has 0 spiro atoms. The topological polar surface area (TPSA) is 51.4 Å². The molecule has 0 bridgehead atoms.